The molecule has 0 bridgehead atoms. The molecule has 0 aliphatic heterocycles. The highest BCUT2D eigenvalue weighted by Crippen LogP contribution is 2.47. The zero-order valence-electron chi connectivity index (χ0n) is 43.0. The van der Waals surface area contributed by atoms with Crippen molar-refractivity contribution in [2.75, 3.05) is 39.6 Å². The number of carboxylic acids is 1. The zero-order valence-corrected chi connectivity index (χ0v) is 43.0. The standard InChI is InChI=1S/C59H92O8/c1-6-11-16-28-35-62-53-41-47-48-42-54(63-36-29-17-12-7-2)56(65-38-31-19-14-9-4)44-50(48)52-46-58(67-40-33-26-24-22-21-23-25-27-34-59(60)61)57(66-39-32-20-15-10-5)45-51(52)49(47)43-55(53)64-37-30-18-13-8-3/h41-46H,6-40H2,1-5H3,(H,60,61). The number of unbranched alkanes of at least 4 members (excludes halogenated alkanes) is 22. The molecular weight excluding hydrogens is 837 g/mol. The molecule has 0 aliphatic carbocycles. The molecule has 0 saturated heterocycles. The third kappa shape index (κ3) is 20.2. The molecule has 0 aliphatic rings. The molecule has 4 aromatic carbocycles. The number of fused-ring (bicyclic) bond motifs is 6. The Morgan fingerprint density at radius 2 is 0.478 bits per heavy atom. The first-order valence-corrected chi connectivity index (χ1v) is 27.5. The van der Waals surface area contributed by atoms with Crippen molar-refractivity contribution in [3.63, 3.8) is 0 Å². The fourth-order valence-corrected chi connectivity index (χ4v) is 8.87. The van der Waals surface area contributed by atoms with Gasteiger partial charge in [0.25, 0.3) is 0 Å². The maximum atomic E-state index is 10.9. The highest BCUT2D eigenvalue weighted by molar-refractivity contribution is 6.26. The lowest BCUT2D eigenvalue weighted by atomic mass is 9.93. The number of hydrogen-bond donors (Lipinski definition) is 1. The molecule has 0 spiro atoms. The molecule has 0 saturated carbocycles. The molecule has 0 fully saturated rings. The van der Waals surface area contributed by atoms with Crippen LogP contribution in [0.5, 0.6) is 34.5 Å². The summed E-state index contributed by atoms with van der Waals surface area (Å²) in [6, 6.07) is 13.3. The zero-order chi connectivity index (χ0) is 47.7. The summed E-state index contributed by atoms with van der Waals surface area (Å²) in [5.41, 5.74) is 0. The van der Waals surface area contributed by atoms with Crippen molar-refractivity contribution in [1.29, 1.82) is 0 Å². The summed E-state index contributed by atoms with van der Waals surface area (Å²) in [7, 11) is 0. The number of carboxylic acid groups (broad SMARTS) is 1. The molecule has 0 aromatic heterocycles. The first kappa shape index (κ1) is 55.5. The van der Waals surface area contributed by atoms with E-state index in [2.05, 4.69) is 71.0 Å². The lowest BCUT2D eigenvalue weighted by Crippen LogP contribution is -2.05. The normalized spacial score (nSPS) is 11.5. The number of aliphatic carboxylic acids is 1. The molecule has 4 rings (SSSR count). The fourth-order valence-electron chi connectivity index (χ4n) is 8.87. The quantitative estimate of drug-likeness (QED) is 0.0347. The highest BCUT2D eigenvalue weighted by atomic mass is 16.5. The Bertz CT molecular complexity index is 1910. The third-order valence-corrected chi connectivity index (χ3v) is 12.9. The topological polar surface area (TPSA) is 92.7 Å². The third-order valence-electron chi connectivity index (χ3n) is 12.9. The van der Waals surface area contributed by atoms with Crippen molar-refractivity contribution in [2.45, 2.75) is 221 Å². The Morgan fingerprint density at radius 3 is 0.672 bits per heavy atom. The molecular formula is C59H92O8. The Labute approximate surface area is 406 Å². The van der Waals surface area contributed by atoms with Crippen LogP contribution in [0.3, 0.4) is 0 Å². The predicted octanol–water partition coefficient (Wildman–Crippen LogP) is 17.9. The first-order chi connectivity index (χ1) is 32.9. The Balaban J connectivity index is 1.83. The van der Waals surface area contributed by atoms with Gasteiger partial charge in [-0.1, -0.05) is 169 Å². The molecule has 0 unspecified atom stereocenters. The molecule has 0 amide bonds. The molecule has 8 heteroatoms. The number of benzene rings is 4. The minimum absolute atomic E-state index is 0.273. The monoisotopic (exact) mass is 929 g/mol. The van der Waals surface area contributed by atoms with Gasteiger partial charge in [0.15, 0.2) is 34.5 Å². The molecule has 376 valence electrons. The first-order valence-electron chi connectivity index (χ1n) is 27.5. The van der Waals surface area contributed by atoms with Gasteiger partial charge >= 0.3 is 5.97 Å². The Kier molecular flexibility index (Phi) is 28.4. The molecule has 0 heterocycles. The van der Waals surface area contributed by atoms with Gasteiger partial charge in [0.2, 0.25) is 0 Å². The van der Waals surface area contributed by atoms with Gasteiger partial charge in [0.1, 0.15) is 0 Å². The minimum Gasteiger partial charge on any atom is -0.490 e. The van der Waals surface area contributed by atoms with E-state index >= 15 is 0 Å². The van der Waals surface area contributed by atoms with E-state index in [0.717, 1.165) is 182 Å². The van der Waals surface area contributed by atoms with Crippen molar-refractivity contribution in [3.05, 3.63) is 36.4 Å². The molecule has 1 N–H and O–H groups in total. The summed E-state index contributed by atoms with van der Waals surface area (Å²) in [5.74, 6) is 4.04. The molecule has 0 atom stereocenters. The van der Waals surface area contributed by atoms with E-state index in [0.29, 0.717) is 39.6 Å². The van der Waals surface area contributed by atoms with Crippen LogP contribution >= 0.6 is 0 Å². The van der Waals surface area contributed by atoms with Crippen LogP contribution in [-0.4, -0.2) is 50.7 Å². The molecule has 8 nitrogen and oxygen atoms in total. The van der Waals surface area contributed by atoms with E-state index in [1.54, 1.807) is 0 Å². The van der Waals surface area contributed by atoms with Gasteiger partial charge < -0.3 is 33.5 Å². The number of hydrogen-bond acceptors (Lipinski definition) is 7. The average molecular weight is 929 g/mol. The van der Waals surface area contributed by atoms with Crippen LogP contribution in [-0.2, 0) is 4.79 Å². The predicted molar refractivity (Wildman–Crippen MR) is 282 cm³/mol. The number of rotatable bonds is 42. The second-order valence-corrected chi connectivity index (χ2v) is 18.9. The van der Waals surface area contributed by atoms with Crippen LogP contribution in [0.1, 0.15) is 221 Å². The van der Waals surface area contributed by atoms with Crippen molar-refractivity contribution in [3.8, 4) is 34.5 Å². The van der Waals surface area contributed by atoms with E-state index in [9.17, 15) is 4.79 Å². The lowest BCUT2D eigenvalue weighted by Gasteiger charge is -2.21. The van der Waals surface area contributed by atoms with Crippen molar-refractivity contribution < 1.29 is 38.3 Å². The summed E-state index contributed by atoms with van der Waals surface area (Å²) >= 11 is 0. The Hall–Kier alpha value is -4.07. The van der Waals surface area contributed by atoms with Crippen LogP contribution in [0.25, 0.3) is 32.3 Å². The van der Waals surface area contributed by atoms with Crippen LogP contribution in [0.2, 0.25) is 0 Å². The molecule has 67 heavy (non-hydrogen) atoms. The van der Waals surface area contributed by atoms with Crippen molar-refractivity contribution in [2.24, 2.45) is 0 Å². The summed E-state index contributed by atoms with van der Waals surface area (Å²) in [6.45, 7) is 15.1. The summed E-state index contributed by atoms with van der Waals surface area (Å²) in [4.78, 5) is 10.9. The maximum Gasteiger partial charge on any atom is 0.303 e. The molecule has 4 aromatic rings. The van der Waals surface area contributed by atoms with Crippen molar-refractivity contribution >= 4 is 38.3 Å². The van der Waals surface area contributed by atoms with Gasteiger partial charge in [0.05, 0.1) is 39.6 Å². The van der Waals surface area contributed by atoms with Crippen molar-refractivity contribution in [1.82, 2.24) is 0 Å². The van der Waals surface area contributed by atoms with Crippen LogP contribution in [0.15, 0.2) is 36.4 Å². The maximum absolute atomic E-state index is 10.9. The van der Waals surface area contributed by atoms with Gasteiger partial charge in [-0.05, 0) is 114 Å². The van der Waals surface area contributed by atoms with Gasteiger partial charge in [-0.25, -0.2) is 0 Å². The van der Waals surface area contributed by atoms with Crippen LogP contribution in [0, 0.1) is 0 Å². The van der Waals surface area contributed by atoms with Gasteiger partial charge in [0, 0.05) is 6.42 Å². The van der Waals surface area contributed by atoms with E-state index in [4.69, 9.17) is 33.5 Å². The van der Waals surface area contributed by atoms with E-state index in [-0.39, 0.29) is 6.42 Å². The second kappa shape index (κ2) is 34.3. The SMILES string of the molecule is CCCCCCOc1cc2c3cc(OCCCCCC)c(OCCCCCC)cc3c3cc(OCCCCCCCCCCC(=O)O)c(OCCCCCC)cc3c2cc1OCCCCCC. The highest BCUT2D eigenvalue weighted by Gasteiger charge is 2.21. The summed E-state index contributed by atoms with van der Waals surface area (Å²) in [5, 5.41) is 15.5. The summed E-state index contributed by atoms with van der Waals surface area (Å²) < 4.78 is 40.1. The number of ether oxygens (including phenoxy) is 6. The van der Waals surface area contributed by atoms with E-state index < -0.39 is 5.97 Å². The largest absolute Gasteiger partial charge is 0.490 e. The van der Waals surface area contributed by atoms with Crippen LogP contribution < -0.4 is 28.4 Å². The average Bonchev–Trinajstić information content (AvgIpc) is 3.33. The summed E-state index contributed by atoms with van der Waals surface area (Å²) in [6.07, 6.45) is 31.3. The lowest BCUT2D eigenvalue weighted by molar-refractivity contribution is -0.137. The minimum atomic E-state index is -0.697. The van der Waals surface area contributed by atoms with E-state index in [1.807, 2.05) is 0 Å². The van der Waals surface area contributed by atoms with E-state index in [1.165, 1.54) is 64.2 Å². The smallest absolute Gasteiger partial charge is 0.303 e. The fraction of sp³-hybridized carbons (Fsp3) is 0.678. The number of carbonyl (C=O) groups is 1. The van der Waals surface area contributed by atoms with Crippen LogP contribution in [0.4, 0.5) is 0 Å². The van der Waals surface area contributed by atoms with Gasteiger partial charge in [-0.3, -0.25) is 4.79 Å². The van der Waals surface area contributed by atoms with Gasteiger partial charge in [-0.15, -0.1) is 0 Å². The Morgan fingerprint density at radius 1 is 0.299 bits per heavy atom. The molecule has 0 radical (unpaired) electrons. The second-order valence-electron chi connectivity index (χ2n) is 18.9. The van der Waals surface area contributed by atoms with Gasteiger partial charge in [-0.2, -0.15) is 0 Å².